The molecule has 2 fully saturated rings. The third-order valence-electron chi connectivity index (χ3n) is 3.38. The van der Waals surface area contributed by atoms with E-state index in [1.165, 1.54) is 0 Å². The average Bonchev–Trinajstić information content (AvgIpc) is 2.76. The summed E-state index contributed by atoms with van der Waals surface area (Å²) in [5.74, 6) is 0.154. The van der Waals surface area contributed by atoms with Crippen molar-refractivity contribution in [2.24, 2.45) is 5.41 Å². The maximum Gasteiger partial charge on any atom is 0.230 e. The summed E-state index contributed by atoms with van der Waals surface area (Å²) in [4.78, 5) is 14.1. The fourth-order valence-electron chi connectivity index (χ4n) is 2.29. The predicted octanol–water partition coefficient (Wildman–Crippen LogP) is -0.263. The van der Waals surface area contributed by atoms with E-state index in [9.17, 15) is 4.79 Å². The highest BCUT2D eigenvalue weighted by Crippen LogP contribution is 2.27. The van der Waals surface area contributed by atoms with E-state index in [2.05, 4.69) is 11.4 Å². The summed E-state index contributed by atoms with van der Waals surface area (Å²) in [5, 5.41) is 12.0. The van der Waals surface area contributed by atoms with Crippen molar-refractivity contribution in [3.8, 4) is 6.07 Å². The first-order valence-corrected chi connectivity index (χ1v) is 5.67. The number of morpholine rings is 1. The molecule has 2 atom stereocenters. The molecular weight excluding hydrogens is 206 g/mol. The van der Waals surface area contributed by atoms with Crippen LogP contribution in [0.4, 0.5) is 0 Å². The number of amides is 1. The van der Waals surface area contributed by atoms with Gasteiger partial charge in [0.05, 0.1) is 24.6 Å². The van der Waals surface area contributed by atoms with Gasteiger partial charge in [0.25, 0.3) is 0 Å². The maximum atomic E-state index is 12.3. The van der Waals surface area contributed by atoms with Crippen molar-refractivity contribution in [2.45, 2.75) is 19.4 Å². The average molecular weight is 223 g/mol. The van der Waals surface area contributed by atoms with Gasteiger partial charge in [-0.3, -0.25) is 4.79 Å². The van der Waals surface area contributed by atoms with Gasteiger partial charge in [-0.15, -0.1) is 0 Å². The van der Waals surface area contributed by atoms with E-state index in [4.69, 9.17) is 10.00 Å². The van der Waals surface area contributed by atoms with Gasteiger partial charge in [0, 0.05) is 13.1 Å². The largest absolute Gasteiger partial charge is 0.360 e. The van der Waals surface area contributed by atoms with Gasteiger partial charge in [-0.1, -0.05) is 0 Å². The normalized spacial score (nSPS) is 34.8. The van der Waals surface area contributed by atoms with Crippen molar-refractivity contribution < 1.29 is 9.53 Å². The fraction of sp³-hybridized carbons (Fsp3) is 0.818. The summed E-state index contributed by atoms with van der Waals surface area (Å²) in [6, 6.07) is 2.06. The van der Waals surface area contributed by atoms with E-state index < -0.39 is 6.10 Å². The summed E-state index contributed by atoms with van der Waals surface area (Å²) in [6.45, 7) is 5.10. The third-order valence-corrected chi connectivity index (χ3v) is 3.38. The number of hydrogen-bond acceptors (Lipinski definition) is 4. The van der Waals surface area contributed by atoms with Crippen LogP contribution < -0.4 is 5.32 Å². The smallest absolute Gasteiger partial charge is 0.230 e. The Labute approximate surface area is 95.4 Å². The molecule has 0 aromatic rings. The van der Waals surface area contributed by atoms with E-state index in [1.807, 2.05) is 6.92 Å². The molecule has 2 unspecified atom stereocenters. The number of nitrogens with zero attached hydrogens (tertiary/aromatic N) is 2. The Morgan fingerprint density at radius 3 is 3.12 bits per heavy atom. The Hall–Kier alpha value is -1.12. The molecule has 2 aliphatic rings. The van der Waals surface area contributed by atoms with E-state index in [-0.39, 0.29) is 11.3 Å². The van der Waals surface area contributed by atoms with Gasteiger partial charge < -0.3 is 15.0 Å². The van der Waals surface area contributed by atoms with Crippen LogP contribution in [0.15, 0.2) is 0 Å². The van der Waals surface area contributed by atoms with Gasteiger partial charge in [-0.25, -0.2) is 0 Å². The second-order valence-corrected chi connectivity index (χ2v) is 4.73. The molecular formula is C11H17N3O2. The van der Waals surface area contributed by atoms with Gasteiger partial charge in [-0.2, -0.15) is 5.26 Å². The molecule has 2 heterocycles. The number of rotatable bonds is 1. The Kier molecular flexibility index (Phi) is 3.13. The Morgan fingerprint density at radius 2 is 2.50 bits per heavy atom. The minimum absolute atomic E-state index is 0.154. The Bertz CT molecular complexity index is 318. The first kappa shape index (κ1) is 11.4. The zero-order valence-electron chi connectivity index (χ0n) is 9.53. The molecule has 0 aromatic carbocycles. The van der Waals surface area contributed by atoms with Crippen LogP contribution in [-0.2, 0) is 9.53 Å². The van der Waals surface area contributed by atoms with Gasteiger partial charge in [-0.05, 0) is 19.9 Å². The zero-order valence-corrected chi connectivity index (χ0v) is 9.53. The molecule has 1 N–H and O–H groups in total. The SMILES string of the molecule is CC1(C(=O)N2CCOC(C#N)C2)CCNC1. The van der Waals surface area contributed by atoms with Crippen LogP contribution in [0.1, 0.15) is 13.3 Å². The molecule has 88 valence electrons. The van der Waals surface area contributed by atoms with Crippen molar-refractivity contribution in [1.82, 2.24) is 10.2 Å². The number of nitrogens with one attached hydrogen (secondary N) is 1. The molecule has 0 radical (unpaired) electrons. The van der Waals surface area contributed by atoms with Crippen molar-refractivity contribution >= 4 is 5.91 Å². The van der Waals surface area contributed by atoms with E-state index in [0.29, 0.717) is 19.7 Å². The summed E-state index contributed by atoms with van der Waals surface area (Å²) in [6.07, 6.45) is 0.413. The molecule has 0 aromatic heterocycles. The topological polar surface area (TPSA) is 65.4 Å². The summed E-state index contributed by atoms with van der Waals surface area (Å²) in [5.41, 5.74) is -0.294. The minimum atomic E-state index is -0.462. The zero-order chi connectivity index (χ0) is 11.6. The van der Waals surface area contributed by atoms with Crippen LogP contribution in [0.25, 0.3) is 0 Å². The highest BCUT2D eigenvalue weighted by atomic mass is 16.5. The lowest BCUT2D eigenvalue weighted by atomic mass is 9.88. The van der Waals surface area contributed by atoms with Crippen molar-refractivity contribution in [3.05, 3.63) is 0 Å². The third kappa shape index (κ3) is 2.04. The molecule has 2 saturated heterocycles. The van der Waals surface area contributed by atoms with Crippen LogP contribution in [0, 0.1) is 16.7 Å². The number of nitriles is 1. The van der Waals surface area contributed by atoms with Gasteiger partial charge >= 0.3 is 0 Å². The van der Waals surface area contributed by atoms with Crippen molar-refractivity contribution in [1.29, 1.82) is 5.26 Å². The molecule has 0 saturated carbocycles. The van der Waals surface area contributed by atoms with E-state index >= 15 is 0 Å². The fourth-order valence-corrected chi connectivity index (χ4v) is 2.29. The molecule has 5 heteroatoms. The lowest BCUT2D eigenvalue weighted by molar-refractivity contribution is -0.146. The van der Waals surface area contributed by atoms with Crippen LogP contribution in [0.5, 0.6) is 0 Å². The summed E-state index contributed by atoms with van der Waals surface area (Å²) < 4.78 is 5.23. The predicted molar refractivity (Wildman–Crippen MR) is 57.5 cm³/mol. The molecule has 1 amide bonds. The Morgan fingerprint density at radius 1 is 1.69 bits per heavy atom. The second-order valence-electron chi connectivity index (χ2n) is 4.73. The molecule has 16 heavy (non-hydrogen) atoms. The molecule has 0 aliphatic carbocycles. The van der Waals surface area contributed by atoms with Gasteiger partial charge in [0.15, 0.2) is 6.10 Å². The van der Waals surface area contributed by atoms with Gasteiger partial charge in [0.1, 0.15) is 0 Å². The number of hydrogen-bond donors (Lipinski definition) is 1. The van der Waals surface area contributed by atoms with E-state index in [1.54, 1.807) is 4.90 Å². The number of carbonyl (C=O) groups is 1. The molecule has 2 aliphatic heterocycles. The van der Waals surface area contributed by atoms with Crippen molar-refractivity contribution in [3.63, 3.8) is 0 Å². The summed E-state index contributed by atoms with van der Waals surface area (Å²) in [7, 11) is 0. The highest BCUT2D eigenvalue weighted by Gasteiger charge is 2.40. The molecule has 0 bridgehead atoms. The highest BCUT2D eigenvalue weighted by molar-refractivity contribution is 5.83. The van der Waals surface area contributed by atoms with Crippen LogP contribution >= 0.6 is 0 Å². The van der Waals surface area contributed by atoms with Crippen molar-refractivity contribution in [2.75, 3.05) is 32.8 Å². The standard InChI is InChI=1S/C11H17N3O2/c1-11(2-3-13-8-11)10(15)14-4-5-16-9(6-12)7-14/h9,13H,2-5,7-8H2,1H3. The molecule has 2 rings (SSSR count). The number of carbonyl (C=O) groups excluding carboxylic acids is 1. The first-order chi connectivity index (χ1) is 7.65. The van der Waals surface area contributed by atoms with Gasteiger partial charge in [0.2, 0.25) is 5.91 Å². The quantitative estimate of drug-likeness (QED) is 0.665. The lowest BCUT2D eigenvalue weighted by Gasteiger charge is -2.35. The van der Waals surface area contributed by atoms with Crippen LogP contribution in [-0.4, -0.2) is 49.7 Å². The summed E-state index contributed by atoms with van der Waals surface area (Å²) >= 11 is 0. The maximum absolute atomic E-state index is 12.3. The van der Waals surface area contributed by atoms with Crippen LogP contribution in [0.2, 0.25) is 0 Å². The number of ether oxygens (including phenoxy) is 1. The monoisotopic (exact) mass is 223 g/mol. The van der Waals surface area contributed by atoms with E-state index in [0.717, 1.165) is 19.5 Å². The molecule has 5 nitrogen and oxygen atoms in total. The van der Waals surface area contributed by atoms with Crippen LogP contribution in [0.3, 0.4) is 0 Å². The molecule has 0 spiro atoms. The Balaban J connectivity index is 2.01. The minimum Gasteiger partial charge on any atom is -0.360 e. The second kappa shape index (κ2) is 4.40. The first-order valence-electron chi connectivity index (χ1n) is 5.67. The lowest BCUT2D eigenvalue weighted by Crippen LogP contribution is -2.51.